The zero-order chi connectivity index (χ0) is 28.6. The Bertz CT molecular complexity index is 1280. The Morgan fingerprint density at radius 1 is 1.18 bits per heavy atom. The second-order valence-electron chi connectivity index (χ2n) is 8.67. The van der Waals surface area contributed by atoms with E-state index in [0.717, 1.165) is 16.7 Å². The minimum absolute atomic E-state index is 0.0940. The van der Waals surface area contributed by atoms with Gasteiger partial charge in [0, 0.05) is 12.0 Å². The molecule has 0 bridgehead atoms. The molecular weight excluding hydrogens is 533 g/mol. The van der Waals surface area contributed by atoms with Gasteiger partial charge < -0.3 is 20.1 Å². The summed E-state index contributed by atoms with van der Waals surface area (Å²) in [5.74, 6) is 1.35. The predicted molar refractivity (Wildman–Crippen MR) is 145 cm³/mol. The van der Waals surface area contributed by atoms with Crippen LogP contribution in [0.15, 0.2) is 42.5 Å². The van der Waals surface area contributed by atoms with Crippen LogP contribution >= 0.6 is 11.8 Å². The minimum Gasteiger partial charge on any atom is -0.497 e. The summed E-state index contributed by atoms with van der Waals surface area (Å²) in [7, 11) is 1.57. The summed E-state index contributed by atoms with van der Waals surface area (Å²) >= 11 is 1.39. The first kappa shape index (κ1) is 29.9. The van der Waals surface area contributed by atoms with Crippen molar-refractivity contribution >= 4 is 29.9 Å². The summed E-state index contributed by atoms with van der Waals surface area (Å²) < 4.78 is 49.6. The van der Waals surface area contributed by atoms with Gasteiger partial charge in [-0.1, -0.05) is 13.0 Å². The number of alkyl halides is 3. The molecule has 3 rings (SSSR count). The van der Waals surface area contributed by atoms with Gasteiger partial charge in [-0.15, -0.1) is 0 Å². The lowest BCUT2D eigenvalue weighted by atomic mass is 9.94. The number of benzene rings is 2. The maximum Gasteiger partial charge on any atom is 0.422 e. The van der Waals surface area contributed by atoms with Gasteiger partial charge in [-0.05, 0) is 67.1 Å². The van der Waals surface area contributed by atoms with Gasteiger partial charge in [0.2, 0.25) is 12.3 Å². The van der Waals surface area contributed by atoms with Crippen LogP contribution in [-0.4, -0.2) is 54.0 Å². The molecule has 1 atom stereocenters. The average Bonchev–Trinajstić information content (AvgIpc) is 3.21. The van der Waals surface area contributed by atoms with Crippen molar-refractivity contribution in [2.75, 3.05) is 31.0 Å². The van der Waals surface area contributed by atoms with Crippen molar-refractivity contribution in [1.82, 2.24) is 15.1 Å². The van der Waals surface area contributed by atoms with E-state index in [2.05, 4.69) is 10.6 Å². The van der Waals surface area contributed by atoms with E-state index in [0.29, 0.717) is 35.8 Å². The van der Waals surface area contributed by atoms with Crippen molar-refractivity contribution < 1.29 is 32.2 Å². The predicted octanol–water partition coefficient (Wildman–Crippen LogP) is 5.02. The standard InChI is InChI=1S/C27H31F3N4O4S/c1-5-18-12-21(38-15-27(28,29)30)10-11-22(18)24(31-16-35)13-23-17(2)26(32-25(36)14-39-4)34(33-23)19-6-8-20(37-3)9-7-19/h6-12,16,24H,5,13-15H2,1-4H3,(H,31,35)(H,32,36)/t24-/m1/s1. The molecule has 0 fully saturated rings. The first-order chi connectivity index (χ1) is 18.6. The van der Waals surface area contributed by atoms with E-state index in [1.807, 2.05) is 32.2 Å². The largest absolute Gasteiger partial charge is 0.497 e. The highest BCUT2D eigenvalue weighted by Gasteiger charge is 2.29. The zero-order valence-corrected chi connectivity index (χ0v) is 22.9. The average molecular weight is 565 g/mol. The molecule has 0 aliphatic carbocycles. The molecule has 1 aromatic heterocycles. The van der Waals surface area contributed by atoms with E-state index >= 15 is 0 Å². The van der Waals surface area contributed by atoms with Crippen LogP contribution < -0.4 is 20.1 Å². The summed E-state index contributed by atoms with van der Waals surface area (Å²) in [5.41, 5.74) is 3.51. The lowest BCUT2D eigenvalue weighted by Gasteiger charge is -2.20. The normalized spacial score (nSPS) is 12.1. The highest BCUT2D eigenvalue weighted by molar-refractivity contribution is 7.99. The molecule has 0 radical (unpaired) electrons. The number of amides is 2. The second-order valence-corrected chi connectivity index (χ2v) is 9.54. The first-order valence-electron chi connectivity index (χ1n) is 12.1. The fraction of sp³-hybridized carbons (Fsp3) is 0.370. The van der Waals surface area contributed by atoms with Crippen molar-refractivity contribution in [3.63, 3.8) is 0 Å². The van der Waals surface area contributed by atoms with Gasteiger partial charge in [-0.25, -0.2) is 4.68 Å². The van der Waals surface area contributed by atoms with Gasteiger partial charge in [0.1, 0.15) is 17.3 Å². The molecule has 1 heterocycles. The summed E-state index contributed by atoms with van der Waals surface area (Å²) in [6.07, 6.45) is -1.26. The van der Waals surface area contributed by atoms with Crippen LogP contribution in [0.25, 0.3) is 5.69 Å². The number of aromatic nitrogens is 2. The number of thioether (sulfide) groups is 1. The molecule has 12 heteroatoms. The second kappa shape index (κ2) is 13.4. The van der Waals surface area contributed by atoms with Crippen molar-refractivity contribution in [3.8, 4) is 17.2 Å². The van der Waals surface area contributed by atoms with E-state index in [1.165, 1.54) is 17.8 Å². The Morgan fingerprint density at radius 2 is 1.87 bits per heavy atom. The molecule has 2 aromatic carbocycles. The third-order valence-corrected chi connectivity index (χ3v) is 6.56. The monoisotopic (exact) mass is 564 g/mol. The lowest BCUT2D eigenvalue weighted by molar-refractivity contribution is -0.153. The number of carbonyl (C=O) groups is 2. The molecule has 0 aliphatic rings. The summed E-state index contributed by atoms with van der Waals surface area (Å²) in [5, 5.41) is 10.5. The molecule has 8 nitrogen and oxygen atoms in total. The smallest absolute Gasteiger partial charge is 0.422 e. The molecular formula is C27H31F3N4O4S. The molecule has 2 amide bonds. The van der Waals surface area contributed by atoms with Gasteiger partial charge in [0.25, 0.3) is 0 Å². The molecule has 0 unspecified atom stereocenters. The maximum absolute atomic E-state index is 12.6. The number of ether oxygens (including phenoxy) is 2. The number of hydrogen-bond donors (Lipinski definition) is 2. The fourth-order valence-electron chi connectivity index (χ4n) is 4.11. The fourth-order valence-corrected chi connectivity index (χ4v) is 4.44. The van der Waals surface area contributed by atoms with E-state index in [1.54, 1.807) is 36.1 Å². The number of halogens is 3. The number of nitrogens with one attached hydrogen (secondary N) is 2. The third-order valence-electron chi connectivity index (χ3n) is 6.01. The van der Waals surface area contributed by atoms with Crippen LogP contribution in [0.4, 0.5) is 19.0 Å². The molecule has 3 aromatic rings. The summed E-state index contributed by atoms with van der Waals surface area (Å²) in [4.78, 5) is 24.1. The maximum atomic E-state index is 12.6. The highest BCUT2D eigenvalue weighted by Crippen LogP contribution is 2.31. The number of nitrogens with zero attached hydrogens (tertiary/aromatic N) is 2. The van der Waals surface area contributed by atoms with Crippen LogP contribution in [0.1, 0.15) is 35.3 Å². The zero-order valence-electron chi connectivity index (χ0n) is 22.1. The van der Waals surface area contributed by atoms with Crippen LogP contribution in [0.5, 0.6) is 11.5 Å². The Hall–Kier alpha value is -3.67. The van der Waals surface area contributed by atoms with Gasteiger partial charge in [0.15, 0.2) is 6.61 Å². The van der Waals surface area contributed by atoms with Crippen LogP contribution in [-0.2, 0) is 22.4 Å². The summed E-state index contributed by atoms with van der Waals surface area (Å²) in [6, 6.07) is 11.3. The first-order valence-corrected chi connectivity index (χ1v) is 13.5. The van der Waals surface area contributed by atoms with E-state index in [-0.39, 0.29) is 23.8 Å². The van der Waals surface area contributed by atoms with Gasteiger partial charge in [0.05, 0.1) is 30.3 Å². The minimum atomic E-state index is -4.45. The Kier molecular flexibility index (Phi) is 10.3. The topological polar surface area (TPSA) is 94.5 Å². The van der Waals surface area contributed by atoms with Gasteiger partial charge >= 0.3 is 6.18 Å². The number of hydrogen-bond acceptors (Lipinski definition) is 6. The Morgan fingerprint density at radius 3 is 2.46 bits per heavy atom. The van der Waals surface area contributed by atoms with Gasteiger partial charge in [-0.2, -0.15) is 30.0 Å². The van der Waals surface area contributed by atoms with Crippen LogP contribution in [0, 0.1) is 6.92 Å². The molecule has 210 valence electrons. The molecule has 0 saturated heterocycles. The quantitative estimate of drug-likeness (QED) is 0.283. The molecule has 2 N–H and O–H groups in total. The molecule has 0 saturated carbocycles. The number of rotatable bonds is 13. The SMILES string of the molecule is CCc1cc(OCC(F)(F)F)ccc1[C@@H](Cc1nn(-c2ccc(OC)cc2)c(NC(=O)CSC)c1C)NC=O. The van der Waals surface area contributed by atoms with Crippen LogP contribution in [0.3, 0.4) is 0 Å². The van der Waals surface area contributed by atoms with Crippen molar-refractivity contribution in [2.24, 2.45) is 0 Å². The van der Waals surface area contributed by atoms with Crippen LogP contribution in [0.2, 0.25) is 0 Å². The van der Waals surface area contributed by atoms with Crippen molar-refractivity contribution in [1.29, 1.82) is 0 Å². The highest BCUT2D eigenvalue weighted by atomic mass is 32.2. The lowest BCUT2D eigenvalue weighted by Crippen LogP contribution is -2.24. The Balaban J connectivity index is 1.99. The van der Waals surface area contributed by atoms with Crippen molar-refractivity contribution in [2.45, 2.75) is 38.9 Å². The number of methoxy groups -OCH3 is 1. The van der Waals surface area contributed by atoms with E-state index in [4.69, 9.17) is 14.6 Å². The van der Waals surface area contributed by atoms with Crippen molar-refractivity contribution in [3.05, 3.63) is 64.8 Å². The number of aryl methyl sites for hydroxylation is 1. The number of carbonyl (C=O) groups excluding carboxylic acids is 2. The summed E-state index contributed by atoms with van der Waals surface area (Å²) in [6.45, 7) is 2.32. The third kappa shape index (κ3) is 7.92. The van der Waals surface area contributed by atoms with Gasteiger partial charge in [-0.3, -0.25) is 9.59 Å². The Labute approximate surface area is 229 Å². The number of anilines is 1. The van der Waals surface area contributed by atoms with E-state index in [9.17, 15) is 22.8 Å². The molecule has 39 heavy (non-hydrogen) atoms. The molecule has 0 spiro atoms. The van der Waals surface area contributed by atoms with E-state index < -0.39 is 18.8 Å². The molecule has 0 aliphatic heterocycles.